The van der Waals surface area contributed by atoms with Crippen LogP contribution in [0, 0.1) is 12.8 Å². The van der Waals surface area contributed by atoms with Crippen molar-refractivity contribution < 1.29 is 4.79 Å². The first-order valence-electron chi connectivity index (χ1n) is 7.05. The standard InChI is InChI=1S/C16H23NO/c1-12-8-6-7-11-15(12)16(18)17-13(2)14-9-4-3-5-10-14/h6-8,11,13-14H,3-5,9-10H2,1-2H3,(H,17,18)/t13-/m0/s1. The first-order chi connectivity index (χ1) is 8.68. The van der Waals surface area contributed by atoms with Crippen LogP contribution in [0.1, 0.15) is 54.9 Å². The zero-order chi connectivity index (χ0) is 13.0. The van der Waals surface area contributed by atoms with Gasteiger partial charge in [0.15, 0.2) is 0 Å². The Balaban J connectivity index is 1.96. The van der Waals surface area contributed by atoms with Gasteiger partial charge in [0.1, 0.15) is 0 Å². The van der Waals surface area contributed by atoms with Crippen molar-refractivity contribution in [2.45, 2.75) is 52.0 Å². The molecule has 1 aromatic rings. The molecule has 1 amide bonds. The summed E-state index contributed by atoms with van der Waals surface area (Å²) in [4.78, 5) is 12.2. The Morgan fingerprint density at radius 1 is 1.22 bits per heavy atom. The molecule has 1 aromatic carbocycles. The van der Waals surface area contributed by atoms with Gasteiger partial charge in [-0.2, -0.15) is 0 Å². The molecule has 18 heavy (non-hydrogen) atoms. The van der Waals surface area contributed by atoms with E-state index in [1.165, 1.54) is 32.1 Å². The molecular weight excluding hydrogens is 222 g/mol. The quantitative estimate of drug-likeness (QED) is 0.864. The third kappa shape index (κ3) is 3.12. The first kappa shape index (κ1) is 13.1. The molecule has 0 unspecified atom stereocenters. The van der Waals surface area contributed by atoms with Crippen LogP contribution in [0.2, 0.25) is 0 Å². The molecule has 1 aliphatic rings. The van der Waals surface area contributed by atoms with Crippen LogP contribution in [-0.2, 0) is 0 Å². The van der Waals surface area contributed by atoms with Gasteiger partial charge in [-0.1, -0.05) is 37.5 Å². The van der Waals surface area contributed by atoms with Gasteiger partial charge >= 0.3 is 0 Å². The summed E-state index contributed by atoms with van der Waals surface area (Å²) in [5.41, 5.74) is 1.85. The van der Waals surface area contributed by atoms with Crippen molar-refractivity contribution >= 4 is 5.91 Å². The molecule has 0 aliphatic heterocycles. The number of hydrogen-bond donors (Lipinski definition) is 1. The number of carbonyl (C=O) groups excluding carboxylic acids is 1. The Labute approximate surface area is 110 Å². The second kappa shape index (κ2) is 6.03. The van der Waals surface area contributed by atoms with Crippen molar-refractivity contribution in [3.05, 3.63) is 35.4 Å². The van der Waals surface area contributed by atoms with Gasteiger partial charge in [0.05, 0.1) is 0 Å². The summed E-state index contributed by atoms with van der Waals surface area (Å²) in [6.45, 7) is 4.13. The Hall–Kier alpha value is -1.31. The van der Waals surface area contributed by atoms with E-state index in [0.717, 1.165) is 11.1 Å². The number of hydrogen-bond acceptors (Lipinski definition) is 1. The van der Waals surface area contributed by atoms with Crippen molar-refractivity contribution in [2.75, 3.05) is 0 Å². The van der Waals surface area contributed by atoms with E-state index < -0.39 is 0 Å². The topological polar surface area (TPSA) is 29.1 Å². The molecule has 1 atom stereocenters. The molecule has 2 nitrogen and oxygen atoms in total. The molecule has 2 rings (SSSR count). The SMILES string of the molecule is Cc1ccccc1C(=O)N[C@@H](C)C1CCCCC1. The summed E-state index contributed by atoms with van der Waals surface area (Å²) in [5, 5.41) is 3.17. The van der Waals surface area contributed by atoms with Crippen LogP contribution in [0.15, 0.2) is 24.3 Å². The molecule has 0 radical (unpaired) electrons. The molecule has 98 valence electrons. The summed E-state index contributed by atoms with van der Waals surface area (Å²) in [6.07, 6.45) is 6.50. The number of nitrogens with one attached hydrogen (secondary N) is 1. The highest BCUT2D eigenvalue weighted by Crippen LogP contribution is 2.26. The summed E-state index contributed by atoms with van der Waals surface area (Å²) < 4.78 is 0. The number of aryl methyl sites for hydroxylation is 1. The fraction of sp³-hybridized carbons (Fsp3) is 0.562. The maximum Gasteiger partial charge on any atom is 0.251 e. The van der Waals surface area contributed by atoms with E-state index in [-0.39, 0.29) is 11.9 Å². The fourth-order valence-corrected chi connectivity index (χ4v) is 2.86. The second-order valence-corrected chi connectivity index (χ2v) is 5.48. The van der Waals surface area contributed by atoms with Crippen molar-refractivity contribution in [3.63, 3.8) is 0 Å². The molecule has 1 saturated carbocycles. The smallest absolute Gasteiger partial charge is 0.251 e. The monoisotopic (exact) mass is 245 g/mol. The molecular formula is C16H23NO. The number of rotatable bonds is 3. The van der Waals surface area contributed by atoms with Crippen LogP contribution in [0.25, 0.3) is 0 Å². The Kier molecular flexibility index (Phi) is 4.40. The van der Waals surface area contributed by atoms with Crippen LogP contribution in [0.3, 0.4) is 0 Å². The Bertz CT molecular complexity index is 407. The van der Waals surface area contributed by atoms with Crippen LogP contribution < -0.4 is 5.32 Å². The van der Waals surface area contributed by atoms with Gasteiger partial charge in [-0.05, 0) is 44.2 Å². The molecule has 1 fully saturated rings. The molecule has 0 saturated heterocycles. The third-order valence-corrected chi connectivity index (χ3v) is 4.11. The van der Waals surface area contributed by atoms with Crippen LogP contribution in [-0.4, -0.2) is 11.9 Å². The largest absolute Gasteiger partial charge is 0.349 e. The van der Waals surface area contributed by atoms with Crippen molar-refractivity contribution in [1.29, 1.82) is 0 Å². The molecule has 0 heterocycles. The highest BCUT2D eigenvalue weighted by atomic mass is 16.1. The van der Waals surface area contributed by atoms with Crippen LogP contribution in [0.5, 0.6) is 0 Å². The number of amides is 1. The maximum absolute atomic E-state index is 12.2. The van der Waals surface area contributed by atoms with Gasteiger partial charge in [-0.25, -0.2) is 0 Å². The first-order valence-corrected chi connectivity index (χ1v) is 7.05. The van der Waals surface area contributed by atoms with Gasteiger partial charge in [-0.15, -0.1) is 0 Å². The minimum absolute atomic E-state index is 0.0752. The zero-order valence-electron chi connectivity index (χ0n) is 11.4. The predicted octanol–water partition coefficient (Wildman–Crippen LogP) is 3.69. The van der Waals surface area contributed by atoms with Crippen molar-refractivity contribution in [2.24, 2.45) is 5.92 Å². The normalized spacial score (nSPS) is 18.3. The van der Waals surface area contributed by atoms with Gasteiger partial charge in [0, 0.05) is 11.6 Å². The van der Waals surface area contributed by atoms with Gasteiger partial charge in [0.25, 0.3) is 5.91 Å². The second-order valence-electron chi connectivity index (χ2n) is 5.48. The van der Waals surface area contributed by atoms with E-state index in [9.17, 15) is 4.79 Å². The summed E-state index contributed by atoms with van der Waals surface area (Å²) >= 11 is 0. The molecule has 1 N–H and O–H groups in total. The highest BCUT2D eigenvalue weighted by Gasteiger charge is 2.22. The predicted molar refractivity (Wildman–Crippen MR) is 74.7 cm³/mol. The Morgan fingerprint density at radius 3 is 2.56 bits per heavy atom. The zero-order valence-corrected chi connectivity index (χ0v) is 11.4. The summed E-state index contributed by atoms with van der Waals surface area (Å²) in [6, 6.07) is 8.07. The summed E-state index contributed by atoms with van der Waals surface area (Å²) in [7, 11) is 0. The molecule has 0 aromatic heterocycles. The minimum Gasteiger partial charge on any atom is -0.349 e. The van der Waals surface area contributed by atoms with Gasteiger partial charge < -0.3 is 5.32 Å². The lowest BCUT2D eigenvalue weighted by molar-refractivity contribution is 0.0918. The van der Waals surface area contributed by atoms with Crippen LogP contribution in [0.4, 0.5) is 0 Å². The van der Waals surface area contributed by atoms with Crippen molar-refractivity contribution in [3.8, 4) is 0 Å². The van der Waals surface area contributed by atoms with Gasteiger partial charge in [0.2, 0.25) is 0 Å². The van der Waals surface area contributed by atoms with Gasteiger partial charge in [-0.3, -0.25) is 4.79 Å². The maximum atomic E-state index is 12.2. The minimum atomic E-state index is 0.0752. The lowest BCUT2D eigenvalue weighted by Gasteiger charge is -2.28. The van der Waals surface area contributed by atoms with E-state index in [4.69, 9.17) is 0 Å². The lowest BCUT2D eigenvalue weighted by atomic mass is 9.84. The average Bonchev–Trinajstić information content (AvgIpc) is 2.40. The number of benzene rings is 1. The molecule has 0 spiro atoms. The molecule has 0 bridgehead atoms. The van der Waals surface area contributed by atoms with E-state index in [1.807, 2.05) is 31.2 Å². The average molecular weight is 245 g/mol. The molecule has 1 aliphatic carbocycles. The van der Waals surface area contributed by atoms with Crippen molar-refractivity contribution in [1.82, 2.24) is 5.32 Å². The number of carbonyl (C=O) groups is 1. The highest BCUT2D eigenvalue weighted by molar-refractivity contribution is 5.95. The summed E-state index contributed by atoms with van der Waals surface area (Å²) in [5.74, 6) is 0.734. The fourth-order valence-electron chi connectivity index (χ4n) is 2.86. The van der Waals surface area contributed by atoms with E-state index in [1.54, 1.807) is 0 Å². The lowest BCUT2D eigenvalue weighted by Crippen LogP contribution is -2.39. The Morgan fingerprint density at radius 2 is 1.89 bits per heavy atom. The van der Waals surface area contributed by atoms with E-state index in [0.29, 0.717) is 5.92 Å². The van der Waals surface area contributed by atoms with Crippen LogP contribution >= 0.6 is 0 Å². The molecule has 2 heteroatoms. The van der Waals surface area contributed by atoms with E-state index in [2.05, 4.69) is 12.2 Å². The van der Waals surface area contributed by atoms with E-state index >= 15 is 0 Å². The third-order valence-electron chi connectivity index (χ3n) is 4.11.